The number of hydrogen-bond donors (Lipinski definition) is 2. The Bertz CT molecular complexity index is 315. The maximum absolute atomic E-state index is 11.6. The van der Waals surface area contributed by atoms with Crippen molar-refractivity contribution in [1.29, 1.82) is 0 Å². The Morgan fingerprint density at radius 3 is 2.61 bits per heavy atom. The van der Waals surface area contributed by atoms with Crippen molar-refractivity contribution in [3.8, 4) is 0 Å². The maximum atomic E-state index is 11.6. The van der Waals surface area contributed by atoms with Gasteiger partial charge in [-0.25, -0.2) is 0 Å². The van der Waals surface area contributed by atoms with Crippen LogP contribution in [-0.2, 0) is 9.59 Å². The third-order valence-electron chi connectivity index (χ3n) is 3.72. The number of hydrogen-bond acceptors (Lipinski definition) is 3. The Morgan fingerprint density at radius 2 is 1.94 bits per heavy atom. The van der Waals surface area contributed by atoms with Crippen molar-refractivity contribution < 1.29 is 14.7 Å². The molecule has 1 amide bonds. The van der Waals surface area contributed by atoms with Crippen molar-refractivity contribution in [2.45, 2.75) is 57.0 Å². The second-order valence-corrected chi connectivity index (χ2v) is 5.33. The summed E-state index contributed by atoms with van der Waals surface area (Å²) in [4.78, 5) is 24.8. The van der Waals surface area contributed by atoms with E-state index < -0.39 is 12.0 Å². The van der Waals surface area contributed by atoms with Crippen LogP contribution in [0.3, 0.4) is 0 Å². The van der Waals surface area contributed by atoms with Crippen LogP contribution in [0.5, 0.6) is 0 Å². The van der Waals surface area contributed by atoms with Crippen molar-refractivity contribution >= 4 is 11.9 Å². The lowest BCUT2D eigenvalue weighted by Gasteiger charge is -2.26. The fourth-order valence-electron chi connectivity index (χ4n) is 2.49. The Labute approximate surface area is 108 Å². The highest BCUT2D eigenvalue weighted by molar-refractivity contribution is 5.77. The Hall–Kier alpha value is -1.10. The summed E-state index contributed by atoms with van der Waals surface area (Å²) in [6.45, 7) is 1.36. The molecule has 1 saturated heterocycles. The fourth-order valence-corrected chi connectivity index (χ4v) is 2.49. The molecule has 0 bridgehead atoms. The number of amides is 1. The minimum atomic E-state index is -0.750. The summed E-state index contributed by atoms with van der Waals surface area (Å²) >= 11 is 0. The van der Waals surface area contributed by atoms with E-state index in [0.717, 1.165) is 38.6 Å². The largest absolute Gasteiger partial charge is 0.480 e. The number of nitrogens with zero attached hydrogens (tertiary/aromatic N) is 1. The molecule has 0 aromatic rings. The minimum absolute atomic E-state index is 0.0610. The molecule has 1 saturated carbocycles. The van der Waals surface area contributed by atoms with Gasteiger partial charge in [-0.3, -0.25) is 14.5 Å². The summed E-state index contributed by atoms with van der Waals surface area (Å²) in [7, 11) is 0. The first-order valence-electron chi connectivity index (χ1n) is 6.93. The molecule has 1 unspecified atom stereocenters. The van der Waals surface area contributed by atoms with Gasteiger partial charge in [0.1, 0.15) is 6.04 Å². The molecule has 1 atom stereocenters. The maximum Gasteiger partial charge on any atom is 0.320 e. The number of carboxylic acids is 1. The monoisotopic (exact) mass is 254 g/mol. The molecular formula is C13H22N2O3. The van der Waals surface area contributed by atoms with E-state index in [-0.39, 0.29) is 5.91 Å². The number of nitrogens with one attached hydrogen (secondary N) is 1. The fraction of sp³-hybridized carbons (Fsp3) is 0.846. The predicted molar refractivity (Wildman–Crippen MR) is 67.2 cm³/mol. The summed E-state index contributed by atoms with van der Waals surface area (Å²) in [5, 5.41) is 12.2. The van der Waals surface area contributed by atoms with Crippen LogP contribution >= 0.6 is 0 Å². The van der Waals surface area contributed by atoms with Gasteiger partial charge in [-0.1, -0.05) is 12.8 Å². The molecule has 0 aromatic carbocycles. The highest BCUT2D eigenvalue weighted by Gasteiger charge is 2.28. The van der Waals surface area contributed by atoms with Gasteiger partial charge in [0.25, 0.3) is 0 Å². The standard InChI is InChI=1S/C13H22N2O3/c16-12(14-10-5-6-10)7-9-15-8-3-1-2-4-11(15)13(17)18/h10-11H,1-9H2,(H,14,16)(H,17,18). The lowest BCUT2D eigenvalue weighted by Crippen LogP contribution is -2.42. The second kappa shape index (κ2) is 6.18. The van der Waals surface area contributed by atoms with E-state index >= 15 is 0 Å². The number of carboxylic acid groups (broad SMARTS) is 1. The van der Waals surface area contributed by atoms with Crippen LogP contribution in [0.4, 0.5) is 0 Å². The smallest absolute Gasteiger partial charge is 0.320 e. The van der Waals surface area contributed by atoms with Gasteiger partial charge in [0.2, 0.25) is 5.91 Å². The van der Waals surface area contributed by atoms with Crippen LogP contribution < -0.4 is 5.32 Å². The van der Waals surface area contributed by atoms with E-state index in [9.17, 15) is 14.7 Å². The second-order valence-electron chi connectivity index (χ2n) is 5.33. The van der Waals surface area contributed by atoms with Crippen LogP contribution in [0.15, 0.2) is 0 Å². The molecule has 0 spiro atoms. The van der Waals surface area contributed by atoms with Crippen LogP contribution in [0.2, 0.25) is 0 Å². The molecule has 5 nitrogen and oxygen atoms in total. The molecule has 1 aliphatic carbocycles. The molecular weight excluding hydrogens is 232 g/mol. The zero-order chi connectivity index (χ0) is 13.0. The minimum Gasteiger partial charge on any atom is -0.480 e. The summed E-state index contributed by atoms with van der Waals surface area (Å²) < 4.78 is 0. The SMILES string of the molecule is O=C(CCN1CCCCCC1C(=O)O)NC1CC1. The molecule has 0 radical (unpaired) electrons. The summed E-state index contributed by atoms with van der Waals surface area (Å²) in [6.07, 6.45) is 6.41. The Kier molecular flexibility index (Phi) is 4.58. The van der Waals surface area contributed by atoms with E-state index in [2.05, 4.69) is 5.32 Å². The van der Waals surface area contributed by atoms with Crippen molar-refractivity contribution in [1.82, 2.24) is 10.2 Å². The van der Waals surface area contributed by atoms with Gasteiger partial charge in [-0.15, -0.1) is 0 Å². The third kappa shape index (κ3) is 3.98. The first-order valence-corrected chi connectivity index (χ1v) is 6.93. The van der Waals surface area contributed by atoms with Crippen LogP contribution in [0.25, 0.3) is 0 Å². The molecule has 18 heavy (non-hydrogen) atoms. The predicted octanol–water partition coefficient (Wildman–Crippen LogP) is 0.984. The van der Waals surface area contributed by atoms with Gasteiger partial charge < -0.3 is 10.4 Å². The number of likely N-dealkylation sites (tertiary alicyclic amines) is 1. The van der Waals surface area contributed by atoms with Gasteiger partial charge in [0.05, 0.1) is 0 Å². The first-order chi connectivity index (χ1) is 8.66. The average molecular weight is 254 g/mol. The van der Waals surface area contributed by atoms with E-state index in [1.807, 2.05) is 4.90 Å². The van der Waals surface area contributed by atoms with Gasteiger partial charge in [-0.05, 0) is 32.2 Å². The van der Waals surface area contributed by atoms with E-state index in [0.29, 0.717) is 25.4 Å². The number of aliphatic carboxylic acids is 1. The number of carbonyl (C=O) groups is 2. The molecule has 5 heteroatoms. The van der Waals surface area contributed by atoms with Crippen molar-refractivity contribution in [2.24, 2.45) is 0 Å². The lowest BCUT2D eigenvalue weighted by molar-refractivity contribution is -0.143. The van der Waals surface area contributed by atoms with Crippen molar-refractivity contribution in [2.75, 3.05) is 13.1 Å². The molecule has 2 N–H and O–H groups in total. The molecule has 2 fully saturated rings. The first kappa shape index (κ1) is 13.3. The van der Waals surface area contributed by atoms with Gasteiger partial charge in [0, 0.05) is 19.0 Å². The van der Waals surface area contributed by atoms with Crippen molar-refractivity contribution in [3.63, 3.8) is 0 Å². The zero-order valence-corrected chi connectivity index (χ0v) is 10.7. The van der Waals surface area contributed by atoms with Crippen LogP contribution in [0, 0.1) is 0 Å². The summed E-state index contributed by atoms with van der Waals surface area (Å²) in [5.74, 6) is -0.689. The Balaban J connectivity index is 1.79. The van der Waals surface area contributed by atoms with Crippen molar-refractivity contribution in [3.05, 3.63) is 0 Å². The van der Waals surface area contributed by atoms with Gasteiger partial charge in [0.15, 0.2) is 0 Å². The van der Waals surface area contributed by atoms with Gasteiger partial charge >= 0.3 is 5.97 Å². The van der Waals surface area contributed by atoms with Gasteiger partial charge in [-0.2, -0.15) is 0 Å². The van der Waals surface area contributed by atoms with E-state index in [1.165, 1.54) is 0 Å². The van der Waals surface area contributed by atoms with Crippen LogP contribution in [-0.4, -0.2) is 47.1 Å². The number of rotatable bonds is 5. The normalized spacial score (nSPS) is 25.4. The third-order valence-corrected chi connectivity index (χ3v) is 3.72. The quantitative estimate of drug-likeness (QED) is 0.767. The lowest BCUT2D eigenvalue weighted by atomic mass is 10.1. The molecule has 0 aromatic heterocycles. The highest BCUT2D eigenvalue weighted by atomic mass is 16.4. The zero-order valence-electron chi connectivity index (χ0n) is 10.7. The average Bonchev–Trinajstić information content (AvgIpc) is 3.12. The molecule has 1 aliphatic heterocycles. The van der Waals surface area contributed by atoms with E-state index in [4.69, 9.17) is 0 Å². The molecule has 1 heterocycles. The molecule has 102 valence electrons. The summed E-state index contributed by atoms with van der Waals surface area (Å²) in [6, 6.07) is -0.0156. The molecule has 2 rings (SSSR count). The number of carbonyl (C=O) groups excluding carboxylic acids is 1. The Morgan fingerprint density at radius 1 is 1.17 bits per heavy atom. The van der Waals surface area contributed by atoms with E-state index in [1.54, 1.807) is 0 Å². The highest BCUT2D eigenvalue weighted by Crippen LogP contribution is 2.19. The van der Waals surface area contributed by atoms with Crippen LogP contribution in [0.1, 0.15) is 44.9 Å². The topological polar surface area (TPSA) is 69.6 Å². The molecule has 2 aliphatic rings. The summed E-state index contributed by atoms with van der Waals surface area (Å²) in [5.41, 5.74) is 0.